The van der Waals surface area contributed by atoms with E-state index in [-0.39, 0.29) is 11.7 Å². The van der Waals surface area contributed by atoms with Crippen LogP contribution in [0.2, 0.25) is 0 Å². The summed E-state index contributed by atoms with van der Waals surface area (Å²) in [6.45, 7) is 0.521. The molecule has 1 aromatic heterocycles. The molecule has 0 radical (unpaired) electrons. The molecule has 3 aromatic carbocycles. The molecule has 5 nitrogen and oxygen atoms in total. The van der Waals surface area contributed by atoms with Crippen LogP contribution in [0.1, 0.15) is 15.9 Å². The minimum absolute atomic E-state index is 0.332. The van der Waals surface area contributed by atoms with Crippen molar-refractivity contribution in [1.29, 1.82) is 0 Å². The normalized spacial score (nSPS) is 10.6. The van der Waals surface area contributed by atoms with Crippen molar-refractivity contribution in [2.24, 2.45) is 0 Å². The van der Waals surface area contributed by atoms with Crippen molar-refractivity contribution < 1.29 is 13.9 Å². The average molecular weight is 401 g/mol. The molecular weight excluding hydrogens is 381 g/mol. The first-order chi connectivity index (χ1) is 14.6. The summed E-state index contributed by atoms with van der Waals surface area (Å²) in [6, 6.07) is 22.9. The van der Waals surface area contributed by atoms with Crippen LogP contribution in [-0.2, 0) is 6.54 Å². The van der Waals surface area contributed by atoms with E-state index in [0.717, 1.165) is 11.1 Å². The number of aromatic nitrogens is 2. The van der Waals surface area contributed by atoms with E-state index in [9.17, 15) is 9.18 Å². The number of halogens is 1. The monoisotopic (exact) mass is 401 g/mol. The molecule has 0 saturated heterocycles. The fraction of sp³-hybridized carbons (Fsp3) is 0.0833. The van der Waals surface area contributed by atoms with E-state index in [1.807, 2.05) is 54.6 Å². The summed E-state index contributed by atoms with van der Waals surface area (Å²) in [5.74, 6) is -0.0708. The molecule has 0 aliphatic rings. The molecule has 0 saturated carbocycles. The molecular formula is C24H20FN3O2. The number of ether oxygens (including phenoxy) is 1. The van der Waals surface area contributed by atoms with E-state index in [1.165, 1.54) is 24.3 Å². The number of methoxy groups -OCH3 is 1. The highest BCUT2D eigenvalue weighted by molar-refractivity contribution is 6.08. The fourth-order valence-corrected chi connectivity index (χ4v) is 3.21. The molecule has 1 N–H and O–H groups in total. The zero-order valence-electron chi connectivity index (χ0n) is 16.4. The summed E-state index contributed by atoms with van der Waals surface area (Å²) in [7, 11) is 1.58. The third-order valence-electron chi connectivity index (χ3n) is 4.66. The Kier molecular flexibility index (Phi) is 5.57. The molecule has 0 bridgehead atoms. The molecule has 0 aliphatic carbocycles. The molecule has 30 heavy (non-hydrogen) atoms. The van der Waals surface area contributed by atoms with Gasteiger partial charge in [0.2, 0.25) is 0 Å². The van der Waals surface area contributed by atoms with Crippen molar-refractivity contribution >= 4 is 11.6 Å². The smallest absolute Gasteiger partial charge is 0.259 e. The SMILES string of the molecule is COc1ccccc1-c1nn(Cc2ccccc2)cc1C(=O)Nc1ccc(F)cc1. The summed E-state index contributed by atoms with van der Waals surface area (Å²) >= 11 is 0. The Labute approximate surface area is 173 Å². The largest absolute Gasteiger partial charge is 0.496 e. The van der Waals surface area contributed by atoms with Gasteiger partial charge in [-0.25, -0.2) is 4.39 Å². The van der Waals surface area contributed by atoms with Crippen LogP contribution in [0.5, 0.6) is 5.75 Å². The summed E-state index contributed by atoms with van der Waals surface area (Å²) in [5, 5.41) is 7.49. The minimum atomic E-state index is -0.363. The van der Waals surface area contributed by atoms with Gasteiger partial charge in [-0.2, -0.15) is 5.10 Å². The number of hydrogen-bond acceptors (Lipinski definition) is 3. The highest BCUT2D eigenvalue weighted by atomic mass is 19.1. The maximum atomic E-state index is 13.2. The molecule has 6 heteroatoms. The van der Waals surface area contributed by atoms with E-state index >= 15 is 0 Å². The first-order valence-electron chi connectivity index (χ1n) is 9.46. The number of hydrogen-bond donors (Lipinski definition) is 1. The Bertz CT molecular complexity index is 1150. The van der Waals surface area contributed by atoms with Crippen LogP contribution in [0.4, 0.5) is 10.1 Å². The van der Waals surface area contributed by atoms with Crippen molar-refractivity contribution in [1.82, 2.24) is 9.78 Å². The van der Waals surface area contributed by atoms with Gasteiger partial charge in [-0.3, -0.25) is 9.48 Å². The Balaban J connectivity index is 1.73. The maximum Gasteiger partial charge on any atom is 0.259 e. The van der Waals surface area contributed by atoms with Gasteiger partial charge in [0.05, 0.1) is 19.2 Å². The molecule has 4 rings (SSSR count). The highest BCUT2D eigenvalue weighted by Crippen LogP contribution is 2.31. The number of amides is 1. The number of carbonyl (C=O) groups excluding carboxylic acids is 1. The number of nitrogens with zero attached hydrogens (tertiary/aromatic N) is 2. The number of nitrogens with one attached hydrogen (secondary N) is 1. The number of rotatable bonds is 6. The lowest BCUT2D eigenvalue weighted by molar-refractivity contribution is 0.102. The first kappa shape index (κ1) is 19.4. The van der Waals surface area contributed by atoms with Crippen molar-refractivity contribution in [3.8, 4) is 17.0 Å². The van der Waals surface area contributed by atoms with Crippen molar-refractivity contribution in [3.63, 3.8) is 0 Å². The van der Waals surface area contributed by atoms with Gasteiger partial charge in [0.1, 0.15) is 17.3 Å². The van der Waals surface area contributed by atoms with Gasteiger partial charge in [-0.1, -0.05) is 42.5 Å². The molecule has 0 unspecified atom stereocenters. The van der Waals surface area contributed by atoms with Gasteiger partial charge in [0, 0.05) is 17.4 Å². The van der Waals surface area contributed by atoms with E-state index in [4.69, 9.17) is 4.74 Å². The summed E-state index contributed by atoms with van der Waals surface area (Å²) in [6.07, 6.45) is 1.72. The van der Waals surface area contributed by atoms with Crippen LogP contribution in [0.25, 0.3) is 11.3 Å². The predicted molar refractivity (Wildman–Crippen MR) is 114 cm³/mol. The highest BCUT2D eigenvalue weighted by Gasteiger charge is 2.21. The lowest BCUT2D eigenvalue weighted by atomic mass is 10.1. The van der Waals surface area contributed by atoms with Gasteiger partial charge in [-0.15, -0.1) is 0 Å². The molecule has 0 spiro atoms. The van der Waals surface area contributed by atoms with E-state index in [2.05, 4.69) is 10.4 Å². The Hall–Kier alpha value is -3.93. The van der Waals surface area contributed by atoms with Crippen LogP contribution in [0, 0.1) is 5.82 Å². The van der Waals surface area contributed by atoms with Gasteiger partial charge < -0.3 is 10.1 Å². The zero-order valence-corrected chi connectivity index (χ0v) is 16.4. The maximum absolute atomic E-state index is 13.2. The second-order valence-corrected chi connectivity index (χ2v) is 6.74. The van der Waals surface area contributed by atoms with E-state index < -0.39 is 0 Å². The summed E-state index contributed by atoms with van der Waals surface area (Å²) in [4.78, 5) is 13.1. The average Bonchev–Trinajstić information content (AvgIpc) is 3.19. The lowest BCUT2D eigenvalue weighted by Gasteiger charge is -2.08. The summed E-state index contributed by atoms with van der Waals surface area (Å²) < 4.78 is 20.4. The molecule has 4 aromatic rings. The third kappa shape index (κ3) is 4.22. The Morgan fingerprint density at radius 1 is 1.00 bits per heavy atom. The van der Waals surface area contributed by atoms with Gasteiger partial charge >= 0.3 is 0 Å². The van der Waals surface area contributed by atoms with Crippen molar-refractivity contribution in [3.05, 3.63) is 102 Å². The van der Waals surface area contributed by atoms with E-state index in [1.54, 1.807) is 18.0 Å². The van der Waals surface area contributed by atoms with Crippen LogP contribution in [-0.4, -0.2) is 22.8 Å². The van der Waals surface area contributed by atoms with Crippen LogP contribution in [0.15, 0.2) is 85.1 Å². The number of anilines is 1. The molecule has 1 amide bonds. The number of benzene rings is 3. The third-order valence-corrected chi connectivity index (χ3v) is 4.66. The second kappa shape index (κ2) is 8.61. The predicted octanol–water partition coefficient (Wildman–Crippen LogP) is 5.00. The van der Waals surface area contributed by atoms with Gasteiger partial charge in [-0.05, 0) is 42.0 Å². The number of carbonyl (C=O) groups is 1. The van der Waals surface area contributed by atoms with Crippen molar-refractivity contribution in [2.75, 3.05) is 12.4 Å². The fourth-order valence-electron chi connectivity index (χ4n) is 3.21. The minimum Gasteiger partial charge on any atom is -0.496 e. The van der Waals surface area contributed by atoms with Gasteiger partial charge in [0.15, 0.2) is 0 Å². The molecule has 0 fully saturated rings. The summed E-state index contributed by atoms with van der Waals surface area (Å²) in [5.41, 5.74) is 3.21. The molecule has 0 aliphatic heterocycles. The van der Waals surface area contributed by atoms with Gasteiger partial charge in [0.25, 0.3) is 5.91 Å². The van der Waals surface area contributed by atoms with Crippen LogP contribution >= 0.6 is 0 Å². The quantitative estimate of drug-likeness (QED) is 0.495. The zero-order chi connectivity index (χ0) is 20.9. The Morgan fingerprint density at radius 2 is 1.70 bits per heavy atom. The lowest BCUT2D eigenvalue weighted by Crippen LogP contribution is -2.12. The van der Waals surface area contributed by atoms with E-state index in [0.29, 0.717) is 29.2 Å². The molecule has 150 valence electrons. The van der Waals surface area contributed by atoms with Crippen molar-refractivity contribution in [2.45, 2.75) is 6.54 Å². The number of para-hydroxylation sites is 1. The first-order valence-corrected chi connectivity index (χ1v) is 9.46. The molecule has 1 heterocycles. The second-order valence-electron chi connectivity index (χ2n) is 6.74. The molecule has 0 atom stereocenters. The Morgan fingerprint density at radius 3 is 2.43 bits per heavy atom. The topological polar surface area (TPSA) is 56.2 Å². The van der Waals surface area contributed by atoms with Crippen LogP contribution < -0.4 is 10.1 Å². The standard InChI is InChI=1S/C24H20FN3O2/c1-30-22-10-6-5-9-20(22)23-21(24(29)26-19-13-11-18(25)12-14-19)16-28(27-23)15-17-7-3-2-4-8-17/h2-14,16H,15H2,1H3,(H,26,29). The van der Waals surface area contributed by atoms with Crippen LogP contribution in [0.3, 0.4) is 0 Å².